The topological polar surface area (TPSA) is 4.93 Å². The normalized spacial score (nSPS) is 13.0. The standard InChI is InChI=1S/C57H36BrN/c58-42-23-15-18-39(32-42)44-24-9-10-25-45(44)50-36-55-56(49-28-12-11-26-46(49)50)51-33-37-16-7-8-17-38(37)34-54(51)59(55)43-30-31-48-47-27-13-14-29-52(47)57(53(48)35-43,40-19-3-1-4-20-40)41-21-5-2-6-22-41/h1-36H. The van der Waals surface area contributed by atoms with Crippen LogP contribution in [0.25, 0.3) is 82.4 Å². The average molecular weight is 815 g/mol. The number of aromatic nitrogens is 1. The van der Waals surface area contributed by atoms with Gasteiger partial charge in [0.15, 0.2) is 0 Å². The smallest absolute Gasteiger partial charge is 0.0714 e. The van der Waals surface area contributed by atoms with Gasteiger partial charge in [-0.1, -0.05) is 192 Å². The molecule has 0 N–H and O–H groups in total. The van der Waals surface area contributed by atoms with Crippen molar-refractivity contribution in [3.63, 3.8) is 0 Å². The molecule has 0 spiro atoms. The van der Waals surface area contributed by atoms with Crippen LogP contribution in [0, 0.1) is 0 Å². The molecule has 11 aromatic rings. The number of fused-ring (bicyclic) bond motifs is 9. The van der Waals surface area contributed by atoms with Crippen LogP contribution in [0.5, 0.6) is 0 Å². The number of benzene rings is 10. The Labute approximate surface area is 351 Å². The number of hydrogen-bond donors (Lipinski definition) is 0. The van der Waals surface area contributed by atoms with Gasteiger partial charge in [0.25, 0.3) is 0 Å². The van der Waals surface area contributed by atoms with Crippen molar-refractivity contribution in [1.29, 1.82) is 0 Å². The van der Waals surface area contributed by atoms with Crippen molar-refractivity contribution in [1.82, 2.24) is 4.57 Å². The van der Waals surface area contributed by atoms with E-state index in [2.05, 4.69) is 239 Å². The van der Waals surface area contributed by atoms with Crippen LogP contribution in [0.15, 0.2) is 223 Å². The molecule has 1 aliphatic rings. The summed E-state index contributed by atoms with van der Waals surface area (Å²) in [5.74, 6) is 0. The van der Waals surface area contributed by atoms with Crippen LogP contribution < -0.4 is 0 Å². The van der Waals surface area contributed by atoms with Crippen LogP contribution in [0.4, 0.5) is 0 Å². The van der Waals surface area contributed by atoms with Gasteiger partial charge in [-0.15, -0.1) is 0 Å². The molecule has 276 valence electrons. The molecule has 59 heavy (non-hydrogen) atoms. The molecule has 1 heterocycles. The van der Waals surface area contributed by atoms with Gasteiger partial charge in [0.1, 0.15) is 0 Å². The lowest BCUT2D eigenvalue weighted by Gasteiger charge is -2.34. The van der Waals surface area contributed by atoms with Gasteiger partial charge in [0, 0.05) is 20.9 Å². The summed E-state index contributed by atoms with van der Waals surface area (Å²) >= 11 is 3.75. The lowest BCUT2D eigenvalue weighted by Crippen LogP contribution is -2.28. The van der Waals surface area contributed by atoms with Crippen molar-refractivity contribution in [3.05, 3.63) is 245 Å². The molecule has 12 rings (SSSR count). The SMILES string of the molecule is Brc1cccc(-c2ccccc2-c2cc3c(c4ccccc24)c2cc4ccccc4cc2n3-c2ccc3c(c2)C(c2ccccc2)(c2ccccc2)c2ccccc2-3)c1. The summed E-state index contributed by atoms with van der Waals surface area (Å²) in [6.45, 7) is 0. The molecule has 0 amide bonds. The fraction of sp³-hybridized carbons (Fsp3) is 0.0175. The molecule has 0 bridgehead atoms. The average Bonchev–Trinajstić information content (AvgIpc) is 3.78. The van der Waals surface area contributed by atoms with Crippen molar-refractivity contribution >= 4 is 59.3 Å². The highest BCUT2D eigenvalue weighted by atomic mass is 79.9. The van der Waals surface area contributed by atoms with Gasteiger partial charge >= 0.3 is 0 Å². The van der Waals surface area contributed by atoms with Crippen molar-refractivity contribution in [3.8, 4) is 39.1 Å². The molecule has 1 nitrogen and oxygen atoms in total. The summed E-state index contributed by atoms with van der Waals surface area (Å²) in [6, 6.07) is 81.0. The third-order valence-electron chi connectivity index (χ3n) is 12.7. The van der Waals surface area contributed by atoms with E-state index in [0.29, 0.717) is 0 Å². The van der Waals surface area contributed by atoms with E-state index in [1.165, 1.54) is 99.0 Å². The minimum atomic E-state index is -0.503. The van der Waals surface area contributed by atoms with Crippen LogP contribution >= 0.6 is 15.9 Å². The van der Waals surface area contributed by atoms with E-state index in [-0.39, 0.29) is 0 Å². The van der Waals surface area contributed by atoms with E-state index in [1.807, 2.05) is 0 Å². The van der Waals surface area contributed by atoms with Crippen molar-refractivity contribution in [2.75, 3.05) is 0 Å². The summed E-state index contributed by atoms with van der Waals surface area (Å²) in [6.07, 6.45) is 0. The van der Waals surface area contributed by atoms with Gasteiger partial charge in [-0.05, 0) is 120 Å². The molecule has 0 aliphatic heterocycles. The van der Waals surface area contributed by atoms with Crippen molar-refractivity contribution < 1.29 is 0 Å². The largest absolute Gasteiger partial charge is 0.309 e. The summed E-state index contributed by atoms with van der Waals surface area (Å²) < 4.78 is 3.61. The van der Waals surface area contributed by atoms with Crippen LogP contribution in [0.2, 0.25) is 0 Å². The maximum atomic E-state index is 3.75. The van der Waals surface area contributed by atoms with E-state index >= 15 is 0 Å². The highest BCUT2D eigenvalue weighted by Crippen LogP contribution is 2.57. The molecule has 10 aromatic carbocycles. The van der Waals surface area contributed by atoms with Gasteiger partial charge in [0.05, 0.1) is 16.4 Å². The fourth-order valence-corrected chi connectivity index (χ4v) is 10.7. The highest BCUT2D eigenvalue weighted by Gasteiger charge is 2.46. The second-order valence-corrected chi connectivity index (χ2v) is 16.6. The van der Waals surface area contributed by atoms with Crippen LogP contribution in [-0.2, 0) is 5.41 Å². The van der Waals surface area contributed by atoms with Crippen LogP contribution in [-0.4, -0.2) is 4.57 Å². The van der Waals surface area contributed by atoms with E-state index in [0.717, 1.165) is 10.2 Å². The third-order valence-corrected chi connectivity index (χ3v) is 13.2. The second-order valence-electron chi connectivity index (χ2n) is 15.7. The van der Waals surface area contributed by atoms with E-state index in [1.54, 1.807) is 0 Å². The Bertz CT molecular complexity index is 3410. The quantitative estimate of drug-likeness (QED) is 0.163. The maximum absolute atomic E-state index is 3.75. The number of halogens is 1. The minimum Gasteiger partial charge on any atom is -0.309 e. The molecular formula is C57H36BrN. The fourth-order valence-electron chi connectivity index (χ4n) is 10.3. The summed E-state index contributed by atoms with van der Waals surface area (Å²) in [7, 11) is 0. The Balaban J connectivity index is 1.22. The maximum Gasteiger partial charge on any atom is 0.0714 e. The Hall–Kier alpha value is -7.00. The monoisotopic (exact) mass is 813 g/mol. The van der Waals surface area contributed by atoms with Crippen molar-refractivity contribution in [2.24, 2.45) is 0 Å². The molecular weight excluding hydrogens is 779 g/mol. The van der Waals surface area contributed by atoms with E-state index in [9.17, 15) is 0 Å². The second kappa shape index (κ2) is 13.3. The first-order valence-corrected chi connectivity index (χ1v) is 21.1. The Morgan fingerprint density at radius 1 is 0.356 bits per heavy atom. The molecule has 1 aromatic heterocycles. The zero-order valence-electron chi connectivity index (χ0n) is 32.1. The summed E-state index contributed by atoms with van der Waals surface area (Å²) in [5.41, 5.74) is 15.5. The van der Waals surface area contributed by atoms with Gasteiger partial charge in [-0.2, -0.15) is 0 Å². The third kappa shape index (κ3) is 5.03. The molecule has 0 saturated carbocycles. The zero-order chi connectivity index (χ0) is 39.1. The van der Waals surface area contributed by atoms with Crippen LogP contribution in [0.3, 0.4) is 0 Å². The molecule has 0 fully saturated rings. The van der Waals surface area contributed by atoms with Gasteiger partial charge in [-0.25, -0.2) is 0 Å². The number of hydrogen-bond acceptors (Lipinski definition) is 0. The first-order chi connectivity index (χ1) is 29.2. The van der Waals surface area contributed by atoms with Crippen LogP contribution in [0.1, 0.15) is 22.3 Å². The number of rotatable bonds is 5. The highest BCUT2D eigenvalue weighted by molar-refractivity contribution is 9.10. The minimum absolute atomic E-state index is 0.503. The molecule has 1 aliphatic carbocycles. The van der Waals surface area contributed by atoms with E-state index in [4.69, 9.17) is 0 Å². The molecule has 0 saturated heterocycles. The van der Waals surface area contributed by atoms with Gasteiger partial charge in [0.2, 0.25) is 0 Å². The molecule has 0 radical (unpaired) electrons. The lowest BCUT2D eigenvalue weighted by molar-refractivity contribution is 0.767. The summed E-state index contributed by atoms with van der Waals surface area (Å²) in [4.78, 5) is 0. The van der Waals surface area contributed by atoms with Gasteiger partial charge < -0.3 is 4.57 Å². The summed E-state index contributed by atoms with van der Waals surface area (Å²) in [5, 5.41) is 7.48. The zero-order valence-corrected chi connectivity index (χ0v) is 33.7. The molecule has 0 unspecified atom stereocenters. The van der Waals surface area contributed by atoms with Crippen molar-refractivity contribution in [2.45, 2.75) is 5.41 Å². The Morgan fingerprint density at radius 2 is 0.966 bits per heavy atom. The number of nitrogens with zero attached hydrogens (tertiary/aromatic N) is 1. The van der Waals surface area contributed by atoms with Gasteiger partial charge in [-0.3, -0.25) is 0 Å². The molecule has 0 atom stereocenters. The Kier molecular flexibility index (Phi) is 7.67. The first-order valence-electron chi connectivity index (χ1n) is 20.3. The Morgan fingerprint density at radius 3 is 1.71 bits per heavy atom. The van der Waals surface area contributed by atoms with E-state index < -0.39 is 5.41 Å². The predicted octanol–water partition coefficient (Wildman–Crippen LogP) is 15.5. The lowest BCUT2D eigenvalue weighted by atomic mass is 9.67. The first kappa shape index (κ1) is 34.1. The predicted molar refractivity (Wildman–Crippen MR) is 252 cm³/mol. The molecule has 2 heteroatoms.